The van der Waals surface area contributed by atoms with Crippen molar-refractivity contribution in [3.63, 3.8) is 0 Å². The van der Waals surface area contributed by atoms with Crippen LogP contribution < -0.4 is 11.3 Å². The van der Waals surface area contributed by atoms with Crippen LogP contribution in [0.4, 0.5) is 5.82 Å². The highest BCUT2D eigenvalue weighted by molar-refractivity contribution is 5.81. The number of anilines is 1. The van der Waals surface area contributed by atoms with E-state index in [0.29, 0.717) is 29.2 Å². The Morgan fingerprint density at radius 1 is 1.23 bits per heavy atom. The van der Waals surface area contributed by atoms with Gasteiger partial charge in [0.25, 0.3) is 5.56 Å². The molecule has 0 aliphatic carbocycles. The molecule has 3 aromatic rings. The van der Waals surface area contributed by atoms with Crippen LogP contribution in [0.2, 0.25) is 0 Å². The van der Waals surface area contributed by atoms with E-state index in [1.54, 1.807) is 18.3 Å². The summed E-state index contributed by atoms with van der Waals surface area (Å²) < 4.78 is 0. The van der Waals surface area contributed by atoms with E-state index < -0.39 is 0 Å². The molecule has 0 saturated carbocycles. The van der Waals surface area contributed by atoms with Crippen molar-refractivity contribution in [2.45, 2.75) is 77.4 Å². The number of nitrogens with two attached hydrogens (primary N) is 1. The third kappa shape index (κ3) is 4.35. The molecule has 1 saturated heterocycles. The quantitative estimate of drug-likeness (QED) is 0.583. The fourth-order valence-electron chi connectivity index (χ4n) is 5.11. The van der Waals surface area contributed by atoms with Gasteiger partial charge in [-0.3, -0.25) is 9.69 Å². The SMILES string of the molecule is CCCCC(c1cccc2[nH]c(=O)c(-c3ccnc(N)c3)nc12)N1C(C)CCCC1C. The van der Waals surface area contributed by atoms with Crippen LogP contribution in [0.5, 0.6) is 0 Å². The summed E-state index contributed by atoms with van der Waals surface area (Å²) >= 11 is 0. The number of hydrogen-bond donors (Lipinski definition) is 2. The Bertz CT molecular complexity index is 1100. The molecule has 1 aromatic carbocycles. The number of aromatic nitrogens is 3. The van der Waals surface area contributed by atoms with E-state index in [1.807, 2.05) is 12.1 Å². The molecule has 6 heteroatoms. The molecule has 1 aliphatic heterocycles. The van der Waals surface area contributed by atoms with Crippen molar-refractivity contribution in [3.8, 4) is 11.3 Å². The smallest absolute Gasteiger partial charge is 0.274 e. The van der Waals surface area contributed by atoms with Gasteiger partial charge in [-0.15, -0.1) is 0 Å². The average Bonchev–Trinajstić information content (AvgIpc) is 2.75. The number of fused-ring (bicyclic) bond motifs is 1. The molecule has 0 spiro atoms. The highest BCUT2D eigenvalue weighted by Gasteiger charge is 2.32. The van der Waals surface area contributed by atoms with Crippen molar-refractivity contribution >= 4 is 16.9 Å². The molecule has 1 fully saturated rings. The zero-order valence-electron chi connectivity index (χ0n) is 18.8. The topological polar surface area (TPSA) is 87.9 Å². The number of piperidine rings is 1. The second-order valence-electron chi connectivity index (χ2n) is 8.86. The number of nitrogens with zero attached hydrogens (tertiary/aromatic N) is 3. The standard InChI is InChI=1S/C25H33N5O/c1-4-5-12-21(30-16(2)8-6-9-17(30)3)19-10-7-11-20-24(19)29-23(25(31)28-20)18-13-14-27-22(26)15-18/h7,10-11,13-17,21H,4-6,8-9,12H2,1-3H3,(H2,26,27)(H,28,31). The lowest BCUT2D eigenvalue weighted by Crippen LogP contribution is -2.46. The molecular formula is C25H33N5O. The number of rotatable bonds is 6. The van der Waals surface area contributed by atoms with Crippen LogP contribution in [-0.2, 0) is 0 Å². The Hall–Kier alpha value is -2.73. The van der Waals surface area contributed by atoms with Crippen LogP contribution >= 0.6 is 0 Å². The van der Waals surface area contributed by atoms with E-state index in [1.165, 1.54) is 24.8 Å². The van der Waals surface area contributed by atoms with Gasteiger partial charge >= 0.3 is 0 Å². The number of aromatic amines is 1. The number of H-pyrrole nitrogens is 1. The first-order chi connectivity index (χ1) is 15.0. The fraction of sp³-hybridized carbons (Fsp3) is 0.480. The Balaban J connectivity index is 1.88. The monoisotopic (exact) mass is 419 g/mol. The molecule has 3 unspecified atom stereocenters. The molecule has 1 aliphatic rings. The first kappa shape index (κ1) is 21.5. The first-order valence-corrected chi connectivity index (χ1v) is 11.5. The van der Waals surface area contributed by atoms with Crippen molar-refractivity contribution in [3.05, 3.63) is 52.4 Å². The second-order valence-corrected chi connectivity index (χ2v) is 8.86. The number of pyridine rings is 1. The zero-order valence-corrected chi connectivity index (χ0v) is 18.8. The van der Waals surface area contributed by atoms with Crippen molar-refractivity contribution in [1.82, 2.24) is 19.9 Å². The molecule has 6 nitrogen and oxygen atoms in total. The third-order valence-electron chi connectivity index (χ3n) is 6.62. The second kappa shape index (κ2) is 9.18. The lowest BCUT2D eigenvalue weighted by Gasteiger charge is -2.44. The lowest BCUT2D eigenvalue weighted by molar-refractivity contribution is 0.0495. The highest BCUT2D eigenvalue weighted by atomic mass is 16.1. The molecule has 0 radical (unpaired) electrons. The maximum atomic E-state index is 12.8. The van der Waals surface area contributed by atoms with Crippen molar-refractivity contribution in [1.29, 1.82) is 0 Å². The van der Waals surface area contributed by atoms with Gasteiger partial charge < -0.3 is 10.7 Å². The minimum atomic E-state index is -0.208. The first-order valence-electron chi connectivity index (χ1n) is 11.5. The zero-order chi connectivity index (χ0) is 22.0. The van der Waals surface area contributed by atoms with Crippen LogP contribution in [-0.4, -0.2) is 31.9 Å². The lowest BCUT2D eigenvalue weighted by atomic mass is 9.89. The minimum absolute atomic E-state index is 0.208. The van der Waals surface area contributed by atoms with Gasteiger partial charge in [0.2, 0.25) is 0 Å². The Morgan fingerprint density at radius 3 is 2.71 bits per heavy atom. The van der Waals surface area contributed by atoms with Crippen LogP contribution in [0.1, 0.15) is 70.9 Å². The number of benzene rings is 1. The Morgan fingerprint density at radius 2 is 2.00 bits per heavy atom. The van der Waals surface area contributed by atoms with Crippen molar-refractivity contribution in [2.75, 3.05) is 5.73 Å². The third-order valence-corrected chi connectivity index (χ3v) is 6.62. The van der Waals surface area contributed by atoms with Crippen molar-refractivity contribution < 1.29 is 0 Å². The Kier molecular flexibility index (Phi) is 6.37. The molecule has 4 rings (SSSR count). The van der Waals surface area contributed by atoms with E-state index in [-0.39, 0.29) is 11.6 Å². The molecule has 3 heterocycles. The van der Waals surface area contributed by atoms with E-state index in [4.69, 9.17) is 10.7 Å². The van der Waals surface area contributed by atoms with Gasteiger partial charge in [0, 0.05) is 29.9 Å². The van der Waals surface area contributed by atoms with Gasteiger partial charge in [0.05, 0.1) is 11.0 Å². The number of likely N-dealkylation sites (tertiary alicyclic amines) is 1. The average molecular weight is 420 g/mol. The van der Waals surface area contributed by atoms with Gasteiger partial charge in [-0.05, 0) is 56.9 Å². The van der Waals surface area contributed by atoms with Crippen LogP contribution in [0, 0.1) is 0 Å². The summed E-state index contributed by atoms with van der Waals surface area (Å²) in [5, 5.41) is 0. The number of unbranched alkanes of at least 4 members (excludes halogenated alkanes) is 1. The summed E-state index contributed by atoms with van der Waals surface area (Å²) in [7, 11) is 0. The van der Waals surface area contributed by atoms with Crippen LogP contribution in [0.25, 0.3) is 22.3 Å². The number of nitrogens with one attached hydrogen (secondary N) is 1. The van der Waals surface area contributed by atoms with Gasteiger partial charge in [-0.1, -0.05) is 38.3 Å². The van der Waals surface area contributed by atoms with Gasteiger partial charge in [-0.25, -0.2) is 9.97 Å². The van der Waals surface area contributed by atoms with Crippen molar-refractivity contribution in [2.24, 2.45) is 0 Å². The Labute approximate surface area is 183 Å². The number of nitrogen functional groups attached to an aromatic ring is 1. The summed E-state index contributed by atoms with van der Waals surface area (Å²) in [5.41, 5.74) is 9.59. The molecule has 164 valence electrons. The summed E-state index contributed by atoms with van der Waals surface area (Å²) in [6, 6.07) is 11.0. The fourth-order valence-corrected chi connectivity index (χ4v) is 5.11. The highest BCUT2D eigenvalue weighted by Crippen LogP contribution is 2.37. The number of para-hydroxylation sites is 1. The molecule has 3 atom stereocenters. The van der Waals surface area contributed by atoms with E-state index in [0.717, 1.165) is 30.3 Å². The summed E-state index contributed by atoms with van der Waals surface area (Å²) in [6.07, 6.45) is 8.75. The molecule has 3 N–H and O–H groups in total. The van der Waals surface area contributed by atoms with Gasteiger partial charge in [0.1, 0.15) is 11.5 Å². The summed E-state index contributed by atoms with van der Waals surface area (Å²) in [5.74, 6) is 0.379. The van der Waals surface area contributed by atoms with Crippen LogP contribution in [0.3, 0.4) is 0 Å². The minimum Gasteiger partial charge on any atom is -0.384 e. The number of hydrogen-bond acceptors (Lipinski definition) is 5. The molecular weight excluding hydrogens is 386 g/mol. The van der Waals surface area contributed by atoms with E-state index >= 15 is 0 Å². The molecule has 31 heavy (non-hydrogen) atoms. The maximum absolute atomic E-state index is 12.8. The van der Waals surface area contributed by atoms with Crippen LogP contribution in [0.15, 0.2) is 41.3 Å². The molecule has 0 bridgehead atoms. The summed E-state index contributed by atoms with van der Waals surface area (Å²) in [6.45, 7) is 6.94. The normalized spacial score (nSPS) is 20.7. The van der Waals surface area contributed by atoms with Gasteiger partial charge in [-0.2, -0.15) is 0 Å². The predicted molar refractivity (Wildman–Crippen MR) is 127 cm³/mol. The van der Waals surface area contributed by atoms with E-state index in [2.05, 4.69) is 41.7 Å². The van der Waals surface area contributed by atoms with E-state index in [9.17, 15) is 4.79 Å². The predicted octanol–water partition coefficient (Wildman–Crippen LogP) is 5.06. The molecule has 0 amide bonds. The maximum Gasteiger partial charge on any atom is 0.274 e. The summed E-state index contributed by atoms with van der Waals surface area (Å²) in [4.78, 5) is 27.5. The largest absolute Gasteiger partial charge is 0.384 e. The molecule has 2 aromatic heterocycles. The van der Waals surface area contributed by atoms with Gasteiger partial charge in [0.15, 0.2) is 0 Å².